The molecular formula is C12H22N2O3. The Kier molecular flexibility index (Phi) is 3.58. The second-order valence-electron chi connectivity index (χ2n) is 5.72. The first-order valence-corrected chi connectivity index (χ1v) is 6.27. The van der Waals surface area contributed by atoms with Gasteiger partial charge in [-0.05, 0) is 27.2 Å². The van der Waals surface area contributed by atoms with E-state index < -0.39 is 5.60 Å². The molecule has 2 aliphatic rings. The molecule has 0 spiro atoms. The molecule has 5 nitrogen and oxygen atoms in total. The van der Waals surface area contributed by atoms with Crippen LogP contribution >= 0.6 is 0 Å². The summed E-state index contributed by atoms with van der Waals surface area (Å²) in [6, 6.07) is 0.438. The zero-order valence-corrected chi connectivity index (χ0v) is 10.9. The number of nitrogens with one attached hydrogen (secondary N) is 1. The summed E-state index contributed by atoms with van der Waals surface area (Å²) in [5.74, 6) is 0. The molecule has 0 aliphatic carbocycles. The number of nitrogens with zero attached hydrogens (tertiary/aromatic N) is 1. The zero-order valence-electron chi connectivity index (χ0n) is 10.9. The van der Waals surface area contributed by atoms with Gasteiger partial charge in [-0.2, -0.15) is 0 Å². The van der Waals surface area contributed by atoms with Crippen molar-refractivity contribution in [2.75, 3.05) is 26.3 Å². The smallest absolute Gasteiger partial charge is 0.410 e. The maximum absolute atomic E-state index is 12.2. The predicted molar refractivity (Wildman–Crippen MR) is 64.0 cm³/mol. The van der Waals surface area contributed by atoms with Crippen LogP contribution in [0.25, 0.3) is 0 Å². The average molecular weight is 242 g/mol. The number of hydrogen-bond donors (Lipinski definition) is 1. The van der Waals surface area contributed by atoms with Crippen LogP contribution in [0, 0.1) is 0 Å². The molecule has 2 aliphatic heterocycles. The van der Waals surface area contributed by atoms with E-state index in [-0.39, 0.29) is 18.2 Å². The molecule has 1 amide bonds. The number of carbonyl (C=O) groups excluding carboxylic acids is 1. The fourth-order valence-corrected chi connectivity index (χ4v) is 2.12. The fraction of sp³-hybridized carbons (Fsp3) is 0.917. The molecule has 2 fully saturated rings. The minimum Gasteiger partial charge on any atom is -0.444 e. The molecule has 2 saturated heterocycles. The molecule has 1 atom stereocenters. The van der Waals surface area contributed by atoms with E-state index >= 15 is 0 Å². The van der Waals surface area contributed by atoms with Gasteiger partial charge in [-0.3, -0.25) is 4.90 Å². The molecule has 0 aromatic carbocycles. The lowest BCUT2D eigenvalue weighted by molar-refractivity contribution is -0.00348. The van der Waals surface area contributed by atoms with Crippen molar-refractivity contribution in [3.05, 3.63) is 0 Å². The Morgan fingerprint density at radius 1 is 1.35 bits per heavy atom. The number of carbonyl (C=O) groups is 1. The molecule has 1 N–H and O–H groups in total. The molecule has 98 valence electrons. The Hall–Kier alpha value is -0.810. The molecule has 17 heavy (non-hydrogen) atoms. The summed E-state index contributed by atoms with van der Waals surface area (Å²) in [4.78, 5) is 14.1. The van der Waals surface area contributed by atoms with Crippen molar-refractivity contribution in [1.82, 2.24) is 10.2 Å². The van der Waals surface area contributed by atoms with Gasteiger partial charge in [0.05, 0.1) is 18.7 Å². The van der Waals surface area contributed by atoms with Gasteiger partial charge in [0, 0.05) is 19.7 Å². The van der Waals surface area contributed by atoms with Crippen LogP contribution in [0.5, 0.6) is 0 Å². The van der Waals surface area contributed by atoms with Gasteiger partial charge in [0.2, 0.25) is 0 Å². The summed E-state index contributed by atoms with van der Waals surface area (Å²) in [6.07, 6.45) is 0.704. The van der Waals surface area contributed by atoms with Gasteiger partial charge in [-0.1, -0.05) is 0 Å². The molecule has 0 bridgehead atoms. The quantitative estimate of drug-likeness (QED) is 0.784. The first kappa shape index (κ1) is 12.6. The summed E-state index contributed by atoms with van der Waals surface area (Å²) in [7, 11) is 0. The summed E-state index contributed by atoms with van der Waals surface area (Å²) in [5.41, 5.74) is -0.439. The van der Waals surface area contributed by atoms with Gasteiger partial charge in [-0.15, -0.1) is 0 Å². The van der Waals surface area contributed by atoms with Gasteiger partial charge >= 0.3 is 6.09 Å². The lowest BCUT2D eigenvalue weighted by Gasteiger charge is -2.41. The highest BCUT2D eigenvalue weighted by atomic mass is 16.6. The summed E-state index contributed by atoms with van der Waals surface area (Å²) < 4.78 is 10.8. The number of rotatable bonds is 2. The van der Waals surface area contributed by atoms with Crippen LogP contribution in [0.15, 0.2) is 0 Å². The third-order valence-electron chi connectivity index (χ3n) is 3.06. The molecule has 2 rings (SSSR count). The van der Waals surface area contributed by atoms with Crippen LogP contribution in [0.4, 0.5) is 4.79 Å². The van der Waals surface area contributed by atoms with Crippen LogP contribution in [0.3, 0.4) is 0 Å². The lowest BCUT2D eigenvalue weighted by Crippen LogP contribution is -2.62. The van der Waals surface area contributed by atoms with Crippen molar-refractivity contribution in [3.8, 4) is 0 Å². The Balaban J connectivity index is 2.01. The van der Waals surface area contributed by atoms with Crippen LogP contribution in [0.2, 0.25) is 0 Å². The lowest BCUT2D eigenvalue weighted by atomic mass is 10.1. The third kappa shape index (κ3) is 3.10. The van der Waals surface area contributed by atoms with Gasteiger partial charge in [0.1, 0.15) is 5.60 Å². The standard InChI is InChI=1S/C12H22N2O3/c1-12(2,3)17-11(15)14(10-6-13-7-10)9-4-5-16-8-9/h9-10,13H,4-8H2,1-3H3. The average Bonchev–Trinajstić information content (AvgIpc) is 2.59. The Labute approximate surface area is 102 Å². The maximum atomic E-state index is 12.2. The van der Waals surface area contributed by atoms with E-state index in [1.807, 2.05) is 25.7 Å². The van der Waals surface area contributed by atoms with E-state index in [1.54, 1.807) is 0 Å². The number of ether oxygens (including phenoxy) is 2. The van der Waals surface area contributed by atoms with E-state index in [2.05, 4.69) is 5.32 Å². The van der Waals surface area contributed by atoms with E-state index in [1.165, 1.54) is 0 Å². The highest BCUT2D eigenvalue weighted by Crippen LogP contribution is 2.21. The molecule has 2 heterocycles. The molecule has 0 aromatic rings. The predicted octanol–water partition coefficient (Wildman–Crippen LogP) is 0.984. The van der Waals surface area contributed by atoms with E-state index in [0.717, 1.165) is 26.1 Å². The van der Waals surface area contributed by atoms with Gasteiger partial charge in [0.25, 0.3) is 0 Å². The van der Waals surface area contributed by atoms with Crippen LogP contribution < -0.4 is 5.32 Å². The van der Waals surface area contributed by atoms with Crippen molar-refractivity contribution in [2.24, 2.45) is 0 Å². The second kappa shape index (κ2) is 4.82. The van der Waals surface area contributed by atoms with E-state index in [0.29, 0.717) is 6.61 Å². The van der Waals surface area contributed by atoms with Crippen molar-refractivity contribution in [2.45, 2.75) is 44.9 Å². The van der Waals surface area contributed by atoms with E-state index in [9.17, 15) is 4.79 Å². The topological polar surface area (TPSA) is 50.8 Å². The SMILES string of the molecule is CC(C)(C)OC(=O)N(C1CNC1)C1CCOC1. The Morgan fingerprint density at radius 2 is 2.06 bits per heavy atom. The summed E-state index contributed by atoms with van der Waals surface area (Å²) >= 11 is 0. The Bertz CT molecular complexity index is 278. The summed E-state index contributed by atoms with van der Waals surface area (Å²) in [6.45, 7) is 8.78. The molecule has 0 radical (unpaired) electrons. The van der Waals surface area contributed by atoms with Crippen LogP contribution in [0.1, 0.15) is 27.2 Å². The highest BCUT2D eigenvalue weighted by molar-refractivity contribution is 5.69. The molecular weight excluding hydrogens is 220 g/mol. The first-order valence-electron chi connectivity index (χ1n) is 6.27. The van der Waals surface area contributed by atoms with E-state index in [4.69, 9.17) is 9.47 Å². The Morgan fingerprint density at radius 3 is 2.47 bits per heavy atom. The van der Waals surface area contributed by atoms with Crippen molar-refractivity contribution >= 4 is 6.09 Å². The van der Waals surface area contributed by atoms with Gasteiger partial charge in [-0.25, -0.2) is 4.79 Å². The normalized spacial score (nSPS) is 25.5. The largest absolute Gasteiger partial charge is 0.444 e. The van der Waals surface area contributed by atoms with Crippen LogP contribution in [-0.4, -0.2) is 55.0 Å². The zero-order chi connectivity index (χ0) is 12.5. The minimum absolute atomic E-state index is 0.178. The fourth-order valence-electron chi connectivity index (χ4n) is 2.12. The molecule has 0 saturated carbocycles. The third-order valence-corrected chi connectivity index (χ3v) is 3.06. The first-order chi connectivity index (χ1) is 7.97. The number of hydrogen-bond acceptors (Lipinski definition) is 4. The van der Waals surface area contributed by atoms with Crippen molar-refractivity contribution in [3.63, 3.8) is 0 Å². The number of amides is 1. The van der Waals surface area contributed by atoms with Crippen molar-refractivity contribution in [1.29, 1.82) is 0 Å². The van der Waals surface area contributed by atoms with Gasteiger partial charge < -0.3 is 14.8 Å². The van der Waals surface area contributed by atoms with Crippen molar-refractivity contribution < 1.29 is 14.3 Å². The molecule has 0 aromatic heterocycles. The minimum atomic E-state index is -0.439. The van der Waals surface area contributed by atoms with Crippen LogP contribution in [-0.2, 0) is 9.47 Å². The monoisotopic (exact) mass is 242 g/mol. The van der Waals surface area contributed by atoms with Gasteiger partial charge in [0.15, 0.2) is 0 Å². The molecule has 5 heteroatoms. The molecule has 1 unspecified atom stereocenters. The second-order valence-corrected chi connectivity index (χ2v) is 5.72. The maximum Gasteiger partial charge on any atom is 0.410 e. The highest BCUT2D eigenvalue weighted by Gasteiger charge is 2.38. The summed E-state index contributed by atoms with van der Waals surface area (Å²) in [5, 5.41) is 3.19.